The topological polar surface area (TPSA) is 316 Å². The molecular weight excluding hydrogens is 628 g/mol. The maximum atomic E-state index is 12.1. The SMILES string of the molecule is CC(=O)NC1C(C)OC(CO)C(OC2OC(CO)C(OC(O)[C@H](O)CO[C@H]3O[C@@H](CO)C(O)C(O)C3O)C(O)C2NC(C)=O)C1O. The Bertz CT molecular complexity index is 979. The van der Waals surface area contributed by atoms with Gasteiger partial charge in [-0.1, -0.05) is 0 Å². The van der Waals surface area contributed by atoms with Crippen molar-refractivity contribution in [1.29, 1.82) is 0 Å². The van der Waals surface area contributed by atoms with Crippen LogP contribution in [-0.4, -0.2) is 194 Å². The van der Waals surface area contributed by atoms with Crippen molar-refractivity contribution in [1.82, 2.24) is 10.6 Å². The Morgan fingerprint density at radius 1 is 0.696 bits per heavy atom. The van der Waals surface area contributed by atoms with Crippen molar-refractivity contribution < 1.29 is 89.1 Å². The Morgan fingerprint density at radius 3 is 1.78 bits per heavy atom. The predicted octanol–water partition coefficient (Wildman–Crippen LogP) is -7.52. The van der Waals surface area contributed by atoms with Gasteiger partial charge in [0, 0.05) is 13.8 Å². The lowest BCUT2D eigenvalue weighted by Crippen LogP contribution is -2.69. The zero-order chi connectivity index (χ0) is 34.5. The van der Waals surface area contributed by atoms with Gasteiger partial charge < -0.3 is 90.1 Å². The molecule has 3 aliphatic rings. The van der Waals surface area contributed by atoms with Gasteiger partial charge in [-0.15, -0.1) is 0 Å². The Morgan fingerprint density at radius 2 is 1.22 bits per heavy atom. The number of aliphatic hydroxyl groups excluding tert-OH is 10. The minimum Gasteiger partial charge on any atom is -0.394 e. The number of amides is 2. The molecule has 17 atom stereocenters. The normalized spacial score (nSPS) is 43.0. The van der Waals surface area contributed by atoms with Crippen molar-refractivity contribution in [3.05, 3.63) is 0 Å². The Labute approximate surface area is 263 Å². The van der Waals surface area contributed by atoms with Gasteiger partial charge in [-0.05, 0) is 6.92 Å². The first-order valence-corrected chi connectivity index (χ1v) is 14.7. The Hall–Kier alpha value is -1.70. The van der Waals surface area contributed by atoms with Gasteiger partial charge in [0.1, 0.15) is 73.2 Å². The van der Waals surface area contributed by atoms with Crippen molar-refractivity contribution in [3.8, 4) is 0 Å². The zero-order valence-electron chi connectivity index (χ0n) is 25.4. The smallest absolute Gasteiger partial charge is 0.217 e. The lowest BCUT2D eigenvalue weighted by Gasteiger charge is -2.48. The van der Waals surface area contributed by atoms with Gasteiger partial charge in [0.05, 0.1) is 38.6 Å². The van der Waals surface area contributed by atoms with E-state index in [4.69, 9.17) is 28.4 Å². The molecule has 3 aliphatic heterocycles. The fourth-order valence-electron chi connectivity index (χ4n) is 5.52. The van der Waals surface area contributed by atoms with Gasteiger partial charge in [0.2, 0.25) is 11.8 Å². The summed E-state index contributed by atoms with van der Waals surface area (Å²) in [5.41, 5.74) is 0. The molecule has 0 spiro atoms. The monoisotopic (exact) mass is 674 g/mol. The number of nitrogens with one attached hydrogen (secondary N) is 2. The second-order valence-corrected chi connectivity index (χ2v) is 11.4. The van der Waals surface area contributed by atoms with Crippen LogP contribution in [0.25, 0.3) is 0 Å². The van der Waals surface area contributed by atoms with E-state index < -0.39 is 142 Å². The molecular formula is C26H46N2O18. The standard InChI is InChI=1S/C26H46N2O18/c1-8-15(27-9(2)32)18(36)23(13(5-30)42-8)46-25-16(28-10(3)33)19(37)22(14(6-31)44-25)45-24(40)11(34)7-41-26-21(39)20(38)17(35)12(4-29)43-26/h8,11-26,29-31,34-40H,4-7H2,1-3H3,(H,27,32)(H,28,33)/t8?,11-,12+,13?,14?,15?,16?,17?,18?,19?,20?,21?,22?,23?,24?,25?,26+/m1/s1. The molecule has 14 unspecified atom stereocenters. The first-order valence-electron chi connectivity index (χ1n) is 14.7. The minimum absolute atomic E-state index is 0.485. The predicted molar refractivity (Wildman–Crippen MR) is 146 cm³/mol. The lowest BCUT2D eigenvalue weighted by molar-refractivity contribution is -0.337. The molecule has 3 saturated heterocycles. The van der Waals surface area contributed by atoms with E-state index in [0.29, 0.717) is 0 Å². The molecule has 0 aliphatic carbocycles. The van der Waals surface area contributed by atoms with Crippen molar-refractivity contribution in [2.75, 3.05) is 26.4 Å². The summed E-state index contributed by atoms with van der Waals surface area (Å²) >= 11 is 0. The molecule has 46 heavy (non-hydrogen) atoms. The van der Waals surface area contributed by atoms with Crippen LogP contribution in [0.5, 0.6) is 0 Å². The molecule has 0 radical (unpaired) electrons. The fourth-order valence-corrected chi connectivity index (χ4v) is 5.52. The van der Waals surface area contributed by atoms with E-state index in [9.17, 15) is 60.7 Å². The third-order valence-electron chi connectivity index (χ3n) is 7.94. The molecule has 20 heteroatoms. The first kappa shape index (κ1) is 38.7. The van der Waals surface area contributed by atoms with E-state index in [1.165, 1.54) is 6.92 Å². The molecule has 0 saturated carbocycles. The lowest BCUT2D eigenvalue weighted by atomic mass is 9.92. The van der Waals surface area contributed by atoms with Gasteiger partial charge >= 0.3 is 0 Å². The van der Waals surface area contributed by atoms with Crippen LogP contribution in [0.4, 0.5) is 0 Å². The number of aliphatic hydroxyl groups is 10. The molecule has 3 rings (SSSR count). The number of carbonyl (C=O) groups excluding carboxylic acids is 2. The van der Waals surface area contributed by atoms with Crippen LogP contribution in [-0.2, 0) is 38.0 Å². The number of hydrogen-bond donors (Lipinski definition) is 12. The molecule has 0 aromatic rings. The van der Waals surface area contributed by atoms with Crippen molar-refractivity contribution in [2.24, 2.45) is 0 Å². The van der Waals surface area contributed by atoms with E-state index in [1.54, 1.807) is 6.92 Å². The van der Waals surface area contributed by atoms with Crippen LogP contribution >= 0.6 is 0 Å². The van der Waals surface area contributed by atoms with Crippen molar-refractivity contribution >= 4 is 11.8 Å². The number of hydrogen-bond acceptors (Lipinski definition) is 18. The van der Waals surface area contributed by atoms with E-state index in [1.807, 2.05) is 0 Å². The van der Waals surface area contributed by atoms with Gasteiger partial charge in [-0.25, -0.2) is 0 Å². The average molecular weight is 675 g/mol. The van der Waals surface area contributed by atoms with Crippen molar-refractivity contribution in [2.45, 2.75) is 125 Å². The third kappa shape index (κ3) is 9.05. The van der Waals surface area contributed by atoms with Crippen LogP contribution in [0, 0.1) is 0 Å². The van der Waals surface area contributed by atoms with E-state index in [2.05, 4.69) is 10.6 Å². The van der Waals surface area contributed by atoms with E-state index in [-0.39, 0.29) is 0 Å². The van der Waals surface area contributed by atoms with Crippen LogP contribution in [0.2, 0.25) is 0 Å². The van der Waals surface area contributed by atoms with Gasteiger partial charge in [-0.2, -0.15) is 0 Å². The molecule has 12 N–H and O–H groups in total. The quantitative estimate of drug-likeness (QED) is 0.0807. The second-order valence-electron chi connectivity index (χ2n) is 11.4. The van der Waals surface area contributed by atoms with Gasteiger partial charge in [0.25, 0.3) is 0 Å². The summed E-state index contributed by atoms with van der Waals surface area (Å²) in [6, 6.07) is -2.46. The second kappa shape index (κ2) is 17.1. The van der Waals surface area contributed by atoms with Crippen LogP contribution in [0.1, 0.15) is 20.8 Å². The maximum Gasteiger partial charge on any atom is 0.217 e. The van der Waals surface area contributed by atoms with Crippen LogP contribution in [0.15, 0.2) is 0 Å². The largest absolute Gasteiger partial charge is 0.394 e. The third-order valence-corrected chi connectivity index (χ3v) is 7.94. The summed E-state index contributed by atoms with van der Waals surface area (Å²) in [5, 5.41) is 107. The summed E-state index contributed by atoms with van der Waals surface area (Å²) in [7, 11) is 0. The van der Waals surface area contributed by atoms with E-state index >= 15 is 0 Å². The molecule has 0 aromatic carbocycles. The average Bonchev–Trinajstić information content (AvgIpc) is 3.01. The highest BCUT2D eigenvalue weighted by Gasteiger charge is 2.52. The van der Waals surface area contributed by atoms with Crippen molar-refractivity contribution in [3.63, 3.8) is 0 Å². The summed E-state index contributed by atoms with van der Waals surface area (Å²) in [6.45, 7) is 0.872. The highest BCUT2D eigenvalue weighted by molar-refractivity contribution is 5.73. The first-order chi connectivity index (χ1) is 21.6. The molecule has 20 nitrogen and oxygen atoms in total. The molecule has 268 valence electrons. The Kier molecular flexibility index (Phi) is 14.4. The molecule has 2 amide bonds. The molecule has 3 heterocycles. The summed E-state index contributed by atoms with van der Waals surface area (Å²) in [5.74, 6) is -1.17. The number of carbonyl (C=O) groups is 2. The summed E-state index contributed by atoms with van der Waals surface area (Å²) in [4.78, 5) is 23.8. The number of ether oxygens (including phenoxy) is 6. The number of rotatable bonds is 13. The minimum atomic E-state index is -2.15. The molecule has 0 aromatic heterocycles. The fraction of sp³-hybridized carbons (Fsp3) is 0.923. The molecule has 0 bridgehead atoms. The van der Waals surface area contributed by atoms with Crippen LogP contribution in [0.3, 0.4) is 0 Å². The molecule has 3 fully saturated rings. The zero-order valence-corrected chi connectivity index (χ0v) is 25.4. The maximum absolute atomic E-state index is 12.1. The highest BCUT2D eigenvalue weighted by Crippen LogP contribution is 2.31. The summed E-state index contributed by atoms with van der Waals surface area (Å²) < 4.78 is 33.1. The van der Waals surface area contributed by atoms with E-state index in [0.717, 1.165) is 6.92 Å². The Balaban J connectivity index is 1.72. The van der Waals surface area contributed by atoms with Crippen LogP contribution < -0.4 is 10.6 Å². The van der Waals surface area contributed by atoms with Gasteiger partial charge in [-0.3, -0.25) is 9.59 Å². The highest BCUT2D eigenvalue weighted by atomic mass is 16.7. The van der Waals surface area contributed by atoms with Gasteiger partial charge in [0.15, 0.2) is 18.9 Å². The summed E-state index contributed by atoms with van der Waals surface area (Å²) in [6.07, 6.45) is -23.4.